The molecule has 0 heterocycles. The lowest BCUT2D eigenvalue weighted by atomic mass is 9.74. The second-order valence-electron chi connectivity index (χ2n) is 5.58. The van der Waals surface area contributed by atoms with Crippen LogP contribution >= 0.6 is 0 Å². The lowest BCUT2D eigenvalue weighted by Crippen LogP contribution is -2.29. The van der Waals surface area contributed by atoms with Gasteiger partial charge in [-0.3, -0.25) is 4.79 Å². The first kappa shape index (κ1) is 13.2. The monoisotopic (exact) mass is 198 g/mol. The summed E-state index contributed by atoms with van der Waals surface area (Å²) in [6, 6.07) is 0. The highest BCUT2D eigenvalue weighted by atomic mass is 16.4. The van der Waals surface area contributed by atoms with Crippen molar-refractivity contribution in [2.75, 3.05) is 0 Å². The van der Waals surface area contributed by atoms with Crippen LogP contribution < -0.4 is 0 Å². The third-order valence-corrected chi connectivity index (χ3v) is 2.16. The smallest absolute Gasteiger partial charge is 0.309 e. The molecule has 0 atom stereocenters. The molecule has 0 unspecified atom stereocenters. The quantitative estimate of drug-likeness (QED) is 0.702. The van der Waals surface area contributed by atoms with Gasteiger partial charge in [0.2, 0.25) is 0 Å². The van der Waals surface area contributed by atoms with Crippen LogP contribution in [0.4, 0.5) is 0 Å². The summed E-state index contributed by atoms with van der Waals surface area (Å²) in [5.74, 6) is -0.729. The van der Waals surface area contributed by atoms with Crippen LogP contribution in [0.5, 0.6) is 0 Å². The third kappa shape index (κ3) is 4.45. The molecule has 2 heteroatoms. The molecule has 0 fully saturated rings. The molecule has 82 valence electrons. The van der Waals surface area contributed by atoms with Crippen LogP contribution in [-0.2, 0) is 4.79 Å². The molecule has 0 radical (unpaired) electrons. The van der Waals surface area contributed by atoms with Crippen LogP contribution in [0.15, 0.2) is 11.6 Å². The summed E-state index contributed by atoms with van der Waals surface area (Å²) in [7, 11) is 0. The van der Waals surface area contributed by atoms with Crippen LogP contribution in [0.3, 0.4) is 0 Å². The number of carbonyl (C=O) groups is 1. The summed E-state index contributed by atoms with van der Waals surface area (Å²) >= 11 is 0. The van der Waals surface area contributed by atoms with E-state index in [9.17, 15) is 4.79 Å². The zero-order chi connectivity index (χ0) is 11.6. The van der Waals surface area contributed by atoms with Crippen LogP contribution in [-0.4, -0.2) is 11.1 Å². The Balaban J connectivity index is 4.67. The van der Waals surface area contributed by atoms with Gasteiger partial charge in [0.25, 0.3) is 0 Å². The molecule has 1 N–H and O–H groups in total. The zero-order valence-electron chi connectivity index (χ0n) is 10.1. The maximum atomic E-state index is 11.0. The van der Waals surface area contributed by atoms with E-state index >= 15 is 0 Å². The van der Waals surface area contributed by atoms with Crippen molar-refractivity contribution in [3.8, 4) is 0 Å². The Morgan fingerprint density at radius 1 is 1.21 bits per heavy atom. The van der Waals surface area contributed by atoms with Gasteiger partial charge in [0, 0.05) is 0 Å². The third-order valence-electron chi connectivity index (χ3n) is 2.16. The number of allylic oxidation sites excluding steroid dienone is 2. The Labute approximate surface area is 87.0 Å². The van der Waals surface area contributed by atoms with E-state index < -0.39 is 11.4 Å². The molecule has 0 aliphatic rings. The molecule has 14 heavy (non-hydrogen) atoms. The van der Waals surface area contributed by atoms with E-state index in [1.54, 1.807) is 13.8 Å². The fourth-order valence-corrected chi connectivity index (χ4v) is 2.05. The predicted octanol–water partition coefficient (Wildman–Crippen LogP) is 3.48. The van der Waals surface area contributed by atoms with E-state index in [2.05, 4.69) is 19.9 Å². The van der Waals surface area contributed by atoms with Crippen LogP contribution in [0.25, 0.3) is 0 Å². The Morgan fingerprint density at radius 3 is 1.93 bits per heavy atom. The minimum Gasteiger partial charge on any atom is -0.481 e. The van der Waals surface area contributed by atoms with Gasteiger partial charge < -0.3 is 5.11 Å². The average molecular weight is 198 g/mol. The predicted molar refractivity (Wildman–Crippen MR) is 59.2 cm³/mol. The second-order valence-corrected chi connectivity index (χ2v) is 5.58. The Kier molecular flexibility index (Phi) is 3.92. The summed E-state index contributed by atoms with van der Waals surface area (Å²) < 4.78 is 0. The van der Waals surface area contributed by atoms with Gasteiger partial charge in [0.1, 0.15) is 0 Å². The second kappa shape index (κ2) is 4.16. The number of hydrogen-bond acceptors (Lipinski definition) is 1. The van der Waals surface area contributed by atoms with E-state index in [1.807, 2.05) is 13.8 Å². The van der Waals surface area contributed by atoms with Gasteiger partial charge in [-0.25, -0.2) is 0 Å². The summed E-state index contributed by atoms with van der Waals surface area (Å²) in [6.45, 7) is 11.8. The molecule has 0 aliphatic heterocycles. The maximum Gasteiger partial charge on any atom is 0.309 e. The van der Waals surface area contributed by atoms with Crippen molar-refractivity contribution in [1.29, 1.82) is 0 Å². The summed E-state index contributed by atoms with van der Waals surface area (Å²) in [5, 5.41) is 9.02. The van der Waals surface area contributed by atoms with Gasteiger partial charge >= 0.3 is 5.97 Å². The largest absolute Gasteiger partial charge is 0.481 e. The summed E-state index contributed by atoms with van der Waals surface area (Å²) in [5.41, 5.74) is 0.520. The highest BCUT2D eigenvalue weighted by molar-refractivity contribution is 5.73. The van der Waals surface area contributed by atoms with Crippen molar-refractivity contribution in [2.45, 2.75) is 48.0 Å². The van der Waals surface area contributed by atoms with Gasteiger partial charge in [0.15, 0.2) is 0 Å². The Morgan fingerprint density at radius 2 is 1.64 bits per heavy atom. The molecule has 0 rings (SSSR count). The Bertz CT molecular complexity index is 243. The molecule has 0 amide bonds. The number of carboxylic acids is 1. The molecule has 0 spiro atoms. The van der Waals surface area contributed by atoms with E-state index in [1.165, 1.54) is 5.57 Å². The first-order chi connectivity index (χ1) is 6.07. The minimum atomic E-state index is -0.729. The van der Waals surface area contributed by atoms with E-state index in [0.717, 1.165) is 0 Å². The van der Waals surface area contributed by atoms with Crippen molar-refractivity contribution >= 4 is 5.97 Å². The fourth-order valence-electron chi connectivity index (χ4n) is 2.05. The first-order valence-electron chi connectivity index (χ1n) is 4.96. The number of aliphatic carboxylic acids is 1. The van der Waals surface area contributed by atoms with Crippen molar-refractivity contribution in [1.82, 2.24) is 0 Å². The molecule has 2 nitrogen and oxygen atoms in total. The van der Waals surface area contributed by atoms with Crippen LogP contribution in [0, 0.1) is 10.8 Å². The molecule has 0 saturated carbocycles. The van der Waals surface area contributed by atoms with E-state index in [4.69, 9.17) is 5.11 Å². The molecule has 0 aromatic carbocycles. The molecular weight excluding hydrogens is 176 g/mol. The number of hydrogen-bond donors (Lipinski definition) is 1. The van der Waals surface area contributed by atoms with Crippen LogP contribution in [0.2, 0.25) is 0 Å². The lowest BCUT2D eigenvalue weighted by Gasteiger charge is -2.30. The summed E-state index contributed by atoms with van der Waals surface area (Å²) in [4.78, 5) is 11.0. The van der Waals surface area contributed by atoms with Gasteiger partial charge in [-0.1, -0.05) is 25.5 Å². The van der Waals surface area contributed by atoms with Crippen molar-refractivity contribution in [3.05, 3.63) is 11.6 Å². The van der Waals surface area contributed by atoms with Crippen molar-refractivity contribution in [3.63, 3.8) is 0 Å². The summed E-state index contributed by atoms with van der Waals surface area (Å²) in [6.07, 6.45) is 2.79. The van der Waals surface area contributed by atoms with Gasteiger partial charge in [-0.2, -0.15) is 0 Å². The maximum absolute atomic E-state index is 11.0. The molecule has 0 bridgehead atoms. The van der Waals surface area contributed by atoms with E-state index in [-0.39, 0.29) is 5.41 Å². The van der Waals surface area contributed by atoms with Crippen LogP contribution in [0.1, 0.15) is 48.0 Å². The van der Waals surface area contributed by atoms with Crippen molar-refractivity contribution < 1.29 is 9.90 Å². The highest BCUT2D eigenvalue weighted by Gasteiger charge is 2.33. The van der Waals surface area contributed by atoms with E-state index in [0.29, 0.717) is 6.42 Å². The molecule has 0 aliphatic carbocycles. The van der Waals surface area contributed by atoms with Gasteiger partial charge in [-0.05, 0) is 39.5 Å². The molecule has 0 saturated heterocycles. The fraction of sp³-hybridized carbons (Fsp3) is 0.750. The molecule has 0 aromatic rings. The average Bonchev–Trinajstić information content (AvgIpc) is 1.79. The standard InChI is InChI=1S/C12H22O2/c1-9(2)7-11(3,4)8-12(5,6)10(13)14/h7H,8H2,1-6H3,(H,13,14). The topological polar surface area (TPSA) is 37.3 Å². The lowest BCUT2D eigenvalue weighted by molar-refractivity contribution is -0.148. The molecule has 0 aromatic heterocycles. The first-order valence-corrected chi connectivity index (χ1v) is 4.96. The minimum absolute atomic E-state index is 0.0548. The number of rotatable bonds is 4. The number of carboxylic acid groups (broad SMARTS) is 1. The SMILES string of the molecule is CC(C)=CC(C)(C)CC(C)(C)C(=O)O. The molecular formula is C12H22O2. The normalized spacial score (nSPS) is 12.4. The van der Waals surface area contributed by atoms with Crippen molar-refractivity contribution in [2.24, 2.45) is 10.8 Å². The van der Waals surface area contributed by atoms with Gasteiger partial charge in [0.05, 0.1) is 5.41 Å². The highest BCUT2D eigenvalue weighted by Crippen LogP contribution is 2.35. The van der Waals surface area contributed by atoms with Gasteiger partial charge in [-0.15, -0.1) is 0 Å². The Hall–Kier alpha value is -0.790. The zero-order valence-corrected chi connectivity index (χ0v) is 10.1.